The van der Waals surface area contributed by atoms with E-state index in [1.165, 1.54) is 0 Å². The molecule has 0 atom stereocenters. The summed E-state index contributed by atoms with van der Waals surface area (Å²) in [5.74, 6) is -0.273. The Morgan fingerprint density at radius 2 is 1.75 bits per heavy atom. The van der Waals surface area contributed by atoms with E-state index < -0.39 is 20.5 Å². The highest BCUT2D eigenvalue weighted by Crippen LogP contribution is 2.18. The van der Waals surface area contributed by atoms with Crippen LogP contribution in [-0.2, 0) is 21.1 Å². The predicted octanol–water partition coefficient (Wildman–Crippen LogP) is 2.67. The van der Waals surface area contributed by atoms with Crippen LogP contribution >= 0.6 is 0 Å². The monoisotopic (exact) mass is 353 g/mol. The van der Waals surface area contributed by atoms with E-state index in [1.807, 2.05) is 0 Å². The smallest absolute Gasteiger partial charge is 0.248 e. The Bertz CT molecular complexity index is 687. The standard InChI is InChI=1S/C18H27NO4S/c1-18(2,3)24(22,23)11-6-4-5-10-16(20)13-14-8-7-9-15(12-14)17(19)21/h7-9,12H,4-6,10-11,13H2,1-3H3,(H2,19,21). The second kappa shape index (κ2) is 8.42. The molecule has 1 rings (SSSR count). The highest BCUT2D eigenvalue weighted by Gasteiger charge is 2.27. The molecule has 5 nitrogen and oxygen atoms in total. The molecular formula is C18H27NO4S. The Morgan fingerprint density at radius 3 is 2.33 bits per heavy atom. The van der Waals surface area contributed by atoms with Gasteiger partial charge in [0.05, 0.1) is 10.5 Å². The first-order chi connectivity index (χ1) is 11.0. The maximum Gasteiger partial charge on any atom is 0.248 e. The lowest BCUT2D eigenvalue weighted by atomic mass is 10.0. The molecule has 0 radical (unpaired) electrons. The van der Waals surface area contributed by atoms with Crippen molar-refractivity contribution in [3.63, 3.8) is 0 Å². The molecule has 1 amide bonds. The largest absolute Gasteiger partial charge is 0.366 e. The number of primary amides is 1. The number of rotatable bonds is 9. The minimum absolute atomic E-state index is 0.0790. The van der Waals surface area contributed by atoms with Crippen LogP contribution in [0.3, 0.4) is 0 Å². The SMILES string of the molecule is CC(C)(C)S(=O)(=O)CCCCCC(=O)Cc1cccc(C(N)=O)c1. The molecule has 0 aliphatic heterocycles. The van der Waals surface area contributed by atoms with Crippen LogP contribution in [0.15, 0.2) is 24.3 Å². The van der Waals surface area contributed by atoms with Crippen molar-refractivity contribution < 1.29 is 18.0 Å². The number of carbonyl (C=O) groups is 2. The first-order valence-electron chi connectivity index (χ1n) is 8.16. The molecule has 0 saturated carbocycles. The number of amides is 1. The number of ketones is 1. The third-order valence-corrected chi connectivity index (χ3v) is 6.61. The van der Waals surface area contributed by atoms with Gasteiger partial charge in [-0.15, -0.1) is 0 Å². The molecule has 0 aromatic heterocycles. The highest BCUT2D eigenvalue weighted by atomic mass is 32.2. The van der Waals surface area contributed by atoms with E-state index in [2.05, 4.69) is 0 Å². The van der Waals surface area contributed by atoms with Crippen LogP contribution in [0.1, 0.15) is 62.4 Å². The molecule has 0 aliphatic carbocycles. The van der Waals surface area contributed by atoms with Crippen LogP contribution in [0, 0.1) is 0 Å². The molecule has 134 valence electrons. The molecule has 0 fully saturated rings. The molecular weight excluding hydrogens is 326 g/mol. The van der Waals surface area contributed by atoms with Crippen molar-refractivity contribution in [3.8, 4) is 0 Å². The Hall–Kier alpha value is -1.69. The summed E-state index contributed by atoms with van der Waals surface area (Å²) >= 11 is 0. The van der Waals surface area contributed by atoms with E-state index in [4.69, 9.17) is 5.73 Å². The highest BCUT2D eigenvalue weighted by molar-refractivity contribution is 7.92. The van der Waals surface area contributed by atoms with Gasteiger partial charge in [-0.3, -0.25) is 9.59 Å². The van der Waals surface area contributed by atoms with Crippen molar-refractivity contribution in [2.24, 2.45) is 5.73 Å². The number of sulfone groups is 1. The summed E-state index contributed by atoms with van der Waals surface area (Å²) in [6, 6.07) is 6.75. The van der Waals surface area contributed by atoms with Crippen molar-refractivity contribution in [2.75, 3.05) is 5.75 Å². The predicted molar refractivity (Wildman–Crippen MR) is 95.7 cm³/mol. The van der Waals surface area contributed by atoms with Crippen LogP contribution in [0.2, 0.25) is 0 Å². The molecule has 24 heavy (non-hydrogen) atoms. The van der Waals surface area contributed by atoms with E-state index >= 15 is 0 Å². The Labute approximate surface area is 144 Å². The molecule has 0 saturated heterocycles. The quantitative estimate of drug-likeness (QED) is 0.691. The minimum atomic E-state index is -3.09. The van der Waals surface area contributed by atoms with Gasteiger partial charge in [0.1, 0.15) is 5.78 Å². The van der Waals surface area contributed by atoms with E-state index in [0.29, 0.717) is 31.2 Å². The molecule has 0 aliphatic rings. The van der Waals surface area contributed by atoms with Gasteiger partial charge >= 0.3 is 0 Å². The average molecular weight is 353 g/mol. The van der Waals surface area contributed by atoms with E-state index in [0.717, 1.165) is 5.56 Å². The minimum Gasteiger partial charge on any atom is -0.366 e. The van der Waals surface area contributed by atoms with Gasteiger partial charge < -0.3 is 5.73 Å². The Morgan fingerprint density at radius 1 is 1.08 bits per heavy atom. The van der Waals surface area contributed by atoms with Crippen molar-refractivity contribution >= 4 is 21.5 Å². The molecule has 0 spiro atoms. The third-order valence-electron chi connectivity index (χ3n) is 3.91. The topological polar surface area (TPSA) is 94.3 Å². The number of hydrogen-bond donors (Lipinski definition) is 1. The van der Waals surface area contributed by atoms with Crippen molar-refractivity contribution in [1.82, 2.24) is 0 Å². The maximum atomic E-state index is 12.0. The van der Waals surface area contributed by atoms with Crippen LogP contribution in [0.25, 0.3) is 0 Å². The zero-order valence-electron chi connectivity index (χ0n) is 14.7. The molecule has 0 bridgehead atoms. The van der Waals surface area contributed by atoms with Gasteiger partial charge in [-0.25, -0.2) is 8.42 Å². The Balaban J connectivity index is 2.35. The average Bonchev–Trinajstić information content (AvgIpc) is 2.45. The summed E-state index contributed by atoms with van der Waals surface area (Å²) < 4.78 is 23.2. The molecule has 2 N–H and O–H groups in total. The van der Waals surface area contributed by atoms with E-state index in [-0.39, 0.29) is 18.0 Å². The number of unbranched alkanes of at least 4 members (excludes halogenated alkanes) is 2. The van der Waals surface area contributed by atoms with E-state index in [1.54, 1.807) is 45.0 Å². The number of Topliss-reactive ketones (excluding diaryl/α,β-unsaturated/α-hetero) is 1. The molecule has 0 heterocycles. The van der Waals surface area contributed by atoms with Crippen LogP contribution in [-0.4, -0.2) is 30.6 Å². The van der Waals surface area contributed by atoms with Crippen molar-refractivity contribution in [2.45, 2.75) is 57.6 Å². The van der Waals surface area contributed by atoms with Crippen LogP contribution in [0.4, 0.5) is 0 Å². The fourth-order valence-electron chi connectivity index (χ4n) is 2.25. The summed E-state index contributed by atoms with van der Waals surface area (Å²) in [5.41, 5.74) is 6.39. The summed E-state index contributed by atoms with van der Waals surface area (Å²) in [7, 11) is -3.09. The normalized spacial score (nSPS) is 12.1. The maximum absolute atomic E-state index is 12.0. The summed E-state index contributed by atoms with van der Waals surface area (Å²) in [5, 5.41) is 0. The fraction of sp³-hybridized carbons (Fsp3) is 0.556. The van der Waals surface area contributed by atoms with Gasteiger partial charge in [-0.05, 0) is 51.3 Å². The number of nitrogens with two attached hydrogens (primary N) is 1. The fourth-order valence-corrected chi connectivity index (χ4v) is 3.44. The van der Waals surface area contributed by atoms with Gasteiger partial charge in [-0.1, -0.05) is 18.6 Å². The van der Waals surface area contributed by atoms with Crippen LogP contribution in [0.5, 0.6) is 0 Å². The molecule has 0 unspecified atom stereocenters. The number of benzene rings is 1. The lowest BCUT2D eigenvalue weighted by Crippen LogP contribution is -2.30. The summed E-state index contributed by atoms with van der Waals surface area (Å²) in [6.45, 7) is 5.10. The number of carbonyl (C=O) groups excluding carboxylic acids is 2. The van der Waals surface area contributed by atoms with Gasteiger partial charge in [-0.2, -0.15) is 0 Å². The van der Waals surface area contributed by atoms with E-state index in [9.17, 15) is 18.0 Å². The summed E-state index contributed by atoms with van der Waals surface area (Å²) in [4.78, 5) is 23.1. The second-order valence-corrected chi connectivity index (χ2v) is 9.88. The zero-order chi connectivity index (χ0) is 18.4. The van der Waals surface area contributed by atoms with Crippen molar-refractivity contribution in [1.29, 1.82) is 0 Å². The van der Waals surface area contributed by atoms with Crippen LogP contribution < -0.4 is 5.73 Å². The Kier molecular flexibility index (Phi) is 7.14. The molecule has 1 aromatic rings. The van der Waals surface area contributed by atoms with Crippen molar-refractivity contribution in [3.05, 3.63) is 35.4 Å². The van der Waals surface area contributed by atoms with Gasteiger partial charge in [0.15, 0.2) is 9.84 Å². The molecule has 6 heteroatoms. The lowest BCUT2D eigenvalue weighted by molar-refractivity contribution is -0.118. The first-order valence-corrected chi connectivity index (χ1v) is 9.81. The zero-order valence-corrected chi connectivity index (χ0v) is 15.5. The van der Waals surface area contributed by atoms with Gasteiger partial charge in [0.25, 0.3) is 0 Å². The first kappa shape index (κ1) is 20.4. The van der Waals surface area contributed by atoms with Gasteiger partial charge in [0, 0.05) is 18.4 Å². The number of hydrogen-bond acceptors (Lipinski definition) is 4. The second-order valence-electron chi connectivity index (χ2n) is 7.02. The summed E-state index contributed by atoms with van der Waals surface area (Å²) in [6.07, 6.45) is 2.64. The lowest BCUT2D eigenvalue weighted by Gasteiger charge is -2.18. The third kappa shape index (κ3) is 6.43. The molecule has 1 aromatic carbocycles. The van der Waals surface area contributed by atoms with Gasteiger partial charge in [0.2, 0.25) is 5.91 Å².